The number of guanidine groups is 1. The highest BCUT2D eigenvalue weighted by Crippen LogP contribution is 2.61. The monoisotopic (exact) mass is 567 g/mol. The fourth-order valence-electron chi connectivity index (χ4n) is 4.47. The predicted molar refractivity (Wildman–Crippen MR) is 157 cm³/mol. The topological polar surface area (TPSA) is 157 Å². The van der Waals surface area contributed by atoms with Gasteiger partial charge >= 0.3 is 7.60 Å². The van der Waals surface area contributed by atoms with Crippen molar-refractivity contribution < 1.29 is 23.1 Å². The summed E-state index contributed by atoms with van der Waals surface area (Å²) in [5, 5.41) is 17.2. The summed E-state index contributed by atoms with van der Waals surface area (Å²) >= 11 is 0. The highest BCUT2D eigenvalue weighted by molar-refractivity contribution is 7.54. The molecule has 0 spiro atoms. The van der Waals surface area contributed by atoms with E-state index in [2.05, 4.69) is 0 Å². The molecule has 11 heteroatoms. The van der Waals surface area contributed by atoms with E-state index in [1.807, 2.05) is 68.4 Å². The third-order valence-corrected chi connectivity index (χ3v) is 8.62. The maximum Gasteiger partial charge on any atom is 0.375 e. The predicted octanol–water partition coefficient (Wildman–Crippen LogP) is 5.59. The summed E-state index contributed by atoms with van der Waals surface area (Å²) < 4.78 is 38.5. The second-order valence-corrected chi connectivity index (χ2v) is 11.8. The fraction of sp³-hybridized carbons (Fsp3) is 0.379. The van der Waals surface area contributed by atoms with Crippen LogP contribution in [-0.4, -0.2) is 49.1 Å². The van der Waals surface area contributed by atoms with Crippen LogP contribution in [0, 0.1) is 10.8 Å². The van der Waals surface area contributed by atoms with Crippen LogP contribution in [0.5, 0.6) is 11.5 Å². The number of nitrogens with two attached hydrogens (primary N) is 2. The van der Waals surface area contributed by atoms with Crippen molar-refractivity contribution in [1.82, 2.24) is 4.90 Å². The number of nitrogens with zero attached hydrogens (tertiary/aromatic N) is 1. The molecule has 0 amide bonds. The number of benzene rings is 3. The van der Waals surface area contributed by atoms with Crippen molar-refractivity contribution >= 4 is 30.2 Å². The quantitative estimate of drug-likeness (QED) is 0.118. The largest absolute Gasteiger partial charge is 0.489 e. The molecule has 0 aliphatic carbocycles. The molecule has 1 fully saturated rings. The van der Waals surface area contributed by atoms with Gasteiger partial charge in [-0.1, -0.05) is 44.2 Å². The first-order valence-corrected chi connectivity index (χ1v) is 15.1. The molecule has 0 aromatic heterocycles. The van der Waals surface area contributed by atoms with Crippen LogP contribution in [0.3, 0.4) is 0 Å². The van der Waals surface area contributed by atoms with Gasteiger partial charge in [0.2, 0.25) is 5.85 Å². The Hall–Kier alpha value is -3.59. The average Bonchev–Trinajstić information content (AvgIpc) is 3.42. The lowest BCUT2D eigenvalue weighted by Crippen LogP contribution is -2.35. The van der Waals surface area contributed by atoms with E-state index in [0.717, 1.165) is 17.2 Å². The van der Waals surface area contributed by atoms with E-state index in [9.17, 15) is 4.57 Å². The van der Waals surface area contributed by atoms with E-state index >= 15 is 0 Å². The summed E-state index contributed by atoms with van der Waals surface area (Å²) in [6.45, 7) is 5.64. The standard InChI is InChI=1S/C29H38N5O5P/c1-3-15-36-40(35,37-16-4-2)28(39-25-12-7-20-5-6-22(27(30)31)17-23(20)18-25)21-8-10-24(11-9-21)38-26-13-14-34(19-26)29(32)33/h5-12,17-18,26,28H,3-4,13-16,19H2,1-2H3,(H3,30,31)(H3,32,33). The van der Waals surface area contributed by atoms with Gasteiger partial charge < -0.3 is 34.9 Å². The Morgan fingerprint density at radius 3 is 2.20 bits per heavy atom. The molecule has 2 unspecified atom stereocenters. The molecule has 2 atom stereocenters. The van der Waals surface area contributed by atoms with Gasteiger partial charge in [0.25, 0.3) is 0 Å². The van der Waals surface area contributed by atoms with Crippen LogP contribution in [0.4, 0.5) is 0 Å². The van der Waals surface area contributed by atoms with Crippen LogP contribution in [0.1, 0.15) is 50.1 Å². The van der Waals surface area contributed by atoms with Crippen molar-refractivity contribution in [1.29, 1.82) is 10.8 Å². The molecule has 4 rings (SSSR count). The van der Waals surface area contributed by atoms with E-state index in [-0.39, 0.29) is 31.1 Å². The summed E-state index contributed by atoms with van der Waals surface area (Å²) in [6.07, 6.45) is 2.03. The van der Waals surface area contributed by atoms with Crippen LogP contribution >= 0.6 is 7.60 Å². The molecule has 214 valence electrons. The minimum absolute atomic E-state index is 0.0227. The molecule has 3 aromatic carbocycles. The van der Waals surface area contributed by atoms with Gasteiger partial charge in [-0.05, 0) is 53.9 Å². The Bertz CT molecular complexity index is 1370. The Morgan fingerprint density at radius 1 is 0.950 bits per heavy atom. The Kier molecular flexibility index (Phi) is 9.68. The van der Waals surface area contributed by atoms with Crippen LogP contribution < -0.4 is 20.9 Å². The number of hydrogen-bond acceptors (Lipinski definition) is 7. The molecular formula is C29H38N5O5P. The van der Waals surface area contributed by atoms with Gasteiger partial charge in [0.1, 0.15) is 23.4 Å². The van der Waals surface area contributed by atoms with E-state index in [1.165, 1.54) is 0 Å². The van der Waals surface area contributed by atoms with Crippen molar-refractivity contribution in [2.75, 3.05) is 26.3 Å². The van der Waals surface area contributed by atoms with Gasteiger partial charge in [0.05, 0.1) is 19.8 Å². The van der Waals surface area contributed by atoms with Gasteiger partial charge in [-0.2, -0.15) is 0 Å². The average molecular weight is 568 g/mol. The van der Waals surface area contributed by atoms with Gasteiger partial charge in [0, 0.05) is 24.1 Å². The number of rotatable bonds is 13. The SMILES string of the molecule is CCCOP(=O)(OCCC)C(Oc1ccc2ccc(C(=N)N)cc2c1)c1ccc(OC2CCN(C(=N)N)C2)cc1. The number of fused-ring (bicyclic) bond motifs is 1. The van der Waals surface area contributed by atoms with Crippen molar-refractivity contribution in [2.45, 2.75) is 45.1 Å². The second-order valence-electron chi connectivity index (χ2n) is 9.74. The van der Waals surface area contributed by atoms with Gasteiger partial charge in [-0.25, -0.2) is 0 Å². The lowest BCUT2D eigenvalue weighted by Gasteiger charge is -2.28. The summed E-state index contributed by atoms with van der Waals surface area (Å²) in [7, 11) is -3.76. The highest BCUT2D eigenvalue weighted by Gasteiger charge is 2.40. The number of likely N-dealkylation sites (tertiary alicyclic amines) is 1. The minimum atomic E-state index is -3.76. The van der Waals surface area contributed by atoms with E-state index in [1.54, 1.807) is 11.0 Å². The number of nitrogens with one attached hydrogen (secondary N) is 2. The summed E-state index contributed by atoms with van der Waals surface area (Å²) in [5.74, 6) is 0.133. The van der Waals surface area contributed by atoms with E-state index in [4.69, 9.17) is 40.8 Å². The number of nitrogen functional groups attached to an aromatic ring is 1. The zero-order valence-corrected chi connectivity index (χ0v) is 23.9. The molecule has 1 heterocycles. The zero-order valence-electron chi connectivity index (χ0n) is 23.0. The third kappa shape index (κ3) is 7.13. The van der Waals surface area contributed by atoms with Gasteiger partial charge in [-0.3, -0.25) is 15.4 Å². The molecule has 0 saturated carbocycles. The number of hydrogen-bond donors (Lipinski definition) is 4. The lowest BCUT2D eigenvalue weighted by molar-refractivity contribution is 0.152. The summed E-state index contributed by atoms with van der Waals surface area (Å²) in [6, 6.07) is 18.3. The Balaban J connectivity index is 1.64. The van der Waals surface area contributed by atoms with Crippen molar-refractivity contribution in [3.05, 3.63) is 71.8 Å². The lowest BCUT2D eigenvalue weighted by atomic mass is 10.1. The first-order valence-electron chi connectivity index (χ1n) is 13.5. The smallest absolute Gasteiger partial charge is 0.375 e. The molecule has 10 nitrogen and oxygen atoms in total. The van der Waals surface area contributed by atoms with Crippen LogP contribution in [0.2, 0.25) is 0 Å². The van der Waals surface area contributed by atoms with Crippen LogP contribution in [0.25, 0.3) is 10.8 Å². The molecule has 3 aromatic rings. The van der Waals surface area contributed by atoms with Crippen molar-refractivity contribution in [2.24, 2.45) is 11.5 Å². The molecule has 0 bridgehead atoms. The first-order chi connectivity index (χ1) is 19.2. The van der Waals surface area contributed by atoms with Crippen LogP contribution in [-0.2, 0) is 13.6 Å². The van der Waals surface area contributed by atoms with Crippen molar-refractivity contribution in [3.8, 4) is 11.5 Å². The van der Waals surface area contributed by atoms with Crippen LogP contribution in [0.15, 0.2) is 60.7 Å². The first kappa shape index (κ1) is 29.4. The second kappa shape index (κ2) is 13.2. The number of amidine groups is 1. The highest BCUT2D eigenvalue weighted by atomic mass is 31.2. The normalized spacial score (nSPS) is 16.1. The Morgan fingerprint density at radius 2 is 1.60 bits per heavy atom. The van der Waals surface area contributed by atoms with Gasteiger partial charge in [-0.15, -0.1) is 0 Å². The molecule has 1 aliphatic heterocycles. The maximum atomic E-state index is 14.2. The molecular weight excluding hydrogens is 529 g/mol. The molecule has 1 aliphatic rings. The molecule has 0 radical (unpaired) electrons. The zero-order chi connectivity index (χ0) is 28.7. The fourth-order valence-corrected chi connectivity index (χ4v) is 6.47. The molecule has 6 N–H and O–H groups in total. The Labute approximate surface area is 235 Å². The van der Waals surface area contributed by atoms with E-state index in [0.29, 0.717) is 48.6 Å². The summed E-state index contributed by atoms with van der Waals surface area (Å²) in [5.41, 5.74) is 12.5. The molecule has 1 saturated heterocycles. The number of ether oxygens (including phenoxy) is 2. The summed E-state index contributed by atoms with van der Waals surface area (Å²) in [4.78, 5) is 1.78. The third-order valence-electron chi connectivity index (χ3n) is 6.56. The van der Waals surface area contributed by atoms with E-state index < -0.39 is 13.4 Å². The molecule has 40 heavy (non-hydrogen) atoms. The van der Waals surface area contributed by atoms with Crippen molar-refractivity contribution in [3.63, 3.8) is 0 Å². The minimum Gasteiger partial charge on any atom is -0.489 e. The maximum absolute atomic E-state index is 14.2. The van der Waals surface area contributed by atoms with Gasteiger partial charge in [0.15, 0.2) is 5.96 Å².